The van der Waals surface area contributed by atoms with Crippen molar-refractivity contribution in [3.63, 3.8) is 0 Å². The number of rotatable bonds is 8. The molecule has 0 bridgehead atoms. The monoisotopic (exact) mass is 722 g/mol. The molecule has 8 rings (SSSR count). The van der Waals surface area contributed by atoms with E-state index < -0.39 is 41.5 Å². The summed E-state index contributed by atoms with van der Waals surface area (Å²) in [6.07, 6.45) is 0.676. The fourth-order valence-corrected chi connectivity index (χ4v) is 15.5. The summed E-state index contributed by atoms with van der Waals surface area (Å²) in [5.74, 6) is 1.47. The van der Waals surface area contributed by atoms with Crippen molar-refractivity contribution in [2.45, 2.75) is 55.4 Å². The molecule has 0 spiro atoms. The van der Waals surface area contributed by atoms with Gasteiger partial charge in [-0.3, -0.25) is 0 Å². The van der Waals surface area contributed by atoms with Crippen molar-refractivity contribution in [2.24, 2.45) is 0 Å². The van der Waals surface area contributed by atoms with Gasteiger partial charge in [0, 0.05) is 6.42 Å². The van der Waals surface area contributed by atoms with Gasteiger partial charge in [0.25, 0.3) is 0 Å². The molecule has 0 aliphatic carbocycles. The molecule has 0 saturated heterocycles. The van der Waals surface area contributed by atoms with Crippen LogP contribution in [-0.2, 0) is 41.5 Å². The second-order valence-electron chi connectivity index (χ2n) is 11.4. The predicted molar refractivity (Wildman–Crippen MR) is 189 cm³/mol. The summed E-state index contributed by atoms with van der Waals surface area (Å²) in [7, 11) is -8.25. The summed E-state index contributed by atoms with van der Waals surface area (Å²) in [4.78, 5) is 6.75. The maximum Gasteiger partial charge on any atom is 0.216 e. The molecule has 0 unspecified atom stereocenters. The van der Waals surface area contributed by atoms with E-state index in [2.05, 4.69) is 0 Å². The van der Waals surface area contributed by atoms with Gasteiger partial charge in [0.1, 0.15) is 52.9 Å². The molecule has 2 heterocycles. The molecule has 0 fully saturated rings. The average molecular weight is 723 g/mol. The molecule has 0 N–H and O–H groups in total. The van der Waals surface area contributed by atoms with E-state index in [1.807, 2.05) is 97.1 Å². The third-order valence-electron chi connectivity index (χ3n) is 8.38. The van der Waals surface area contributed by atoms with Gasteiger partial charge in [-0.2, -0.15) is 0 Å². The van der Waals surface area contributed by atoms with E-state index in [0.29, 0.717) is 39.2 Å². The van der Waals surface area contributed by atoms with Crippen molar-refractivity contribution in [1.82, 2.24) is 0 Å². The van der Waals surface area contributed by atoms with Crippen molar-refractivity contribution < 1.29 is 26.3 Å². The van der Waals surface area contributed by atoms with Crippen molar-refractivity contribution in [1.29, 1.82) is 0 Å². The number of hydrogen-bond acceptors (Lipinski definition) is 6. The molecule has 49 heavy (non-hydrogen) atoms. The molecule has 6 nitrogen and oxygen atoms in total. The minimum atomic E-state index is -3.57. The fraction of sp³-hybridized carbons (Fsp3) is 0.0769. The zero-order valence-corrected chi connectivity index (χ0v) is 29.3. The number of hydrogen-bond donors (Lipinski definition) is 0. The van der Waals surface area contributed by atoms with E-state index in [9.17, 15) is 16.8 Å². The third-order valence-corrected chi connectivity index (χ3v) is 17.3. The van der Waals surface area contributed by atoms with Crippen LogP contribution in [0.1, 0.15) is 6.42 Å². The predicted octanol–water partition coefficient (Wildman–Crippen LogP) is 8.02. The van der Waals surface area contributed by atoms with E-state index in [1.54, 1.807) is 48.5 Å². The van der Waals surface area contributed by atoms with E-state index in [0.717, 1.165) is 40.9 Å². The van der Waals surface area contributed by atoms with E-state index >= 15 is 0 Å². The molecular formula is C39H30O6S4+2. The van der Waals surface area contributed by atoms with Crippen molar-refractivity contribution >= 4 is 41.5 Å². The Labute approximate surface area is 291 Å². The van der Waals surface area contributed by atoms with Crippen LogP contribution < -0.4 is 9.47 Å². The molecule has 6 aromatic rings. The Bertz CT molecular complexity index is 2130. The molecule has 2 aliphatic rings. The van der Waals surface area contributed by atoms with Gasteiger partial charge in [0.15, 0.2) is 29.4 Å². The highest BCUT2D eigenvalue weighted by Gasteiger charge is 2.46. The zero-order chi connectivity index (χ0) is 33.6. The topological polar surface area (TPSA) is 86.7 Å². The number of benzene rings is 6. The van der Waals surface area contributed by atoms with Crippen LogP contribution in [0.25, 0.3) is 0 Å². The van der Waals surface area contributed by atoms with E-state index in [-0.39, 0.29) is 0 Å². The summed E-state index contributed by atoms with van der Waals surface area (Å²) in [5, 5.41) is 0. The fourth-order valence-electron chi connectivity index (χ4n) is 6.13. The van der Waals surface area contributed by atoms with Gasteiger partial charge in [-0.05, 0) is 97.1 Å². The first-order valence-corrected chi connectivity index (χ1v) is 21.1. The summed E-state index contributed by atoms with van der Waals surface area (Å²) >= 11 is 0. The Kier molecular flexibility index (Phi) is 8.27. The Balaban J connectivity index is 0.907. The summed E-state index contributed by atoms with van der Waals surface area (Å²) in [6, 6.07) is 44.8. The maximum absolute atomic E-state index is 13.3. The van der Waals surface area contributed by atoms with Crippen molar-refractivity contribution in [2.75, 3.05) is 13.2 Å². The third kappa shape index (κ3) is 5.62. The van der Waals surface area contributed by atoms with Crippen LogP contribution in [0.5, 0.6) is 11.5 Å². The standard InChI is InChI=1S/C39H30O6S4/c40-48(41)36-14-5-1-10-32(36)46(33-11-2-6-15-37(33)48)30-22-18-28(19-23-30)44-26-9-27-45-29-20-24-31(25-21-29)47-34-12-3-7-16-38(34)49(42,43)39-17-8-4-13-35(39)47/h1-8,10-25H,9,26-27H2/q+2. The highest BCUT2D eigenvalue weighted by molar-refractivity contribution is 8.01. The molecule has 0 radical (unpaired) electrons. The highest BCUT2D eigenvalue weighted by Crippen LogP contribution is 2.46. The van der Waals surface area contributed by atoms with E-state index in [1.165, 1.54) is 0 Å². The van der Waals surface area contributed by atoms with Gasteiger partial charge in [-0.1, -0.05) is 48.5 Å². The molecule has 0 amide bonds. The van der Waals surface area contributed by atoms with Crippen LogP contribution in [-0.4, -0.2) is 30.0 Å². The molecule has 244 valence electrons. The first kappa shape index (κ1) is 31.8. The summed E-state index contributed by atoms with van der Waals surface area (Å²) in [6.45, 7) is 0.942. The van der Waals surface area contributed by atoms with Crippen LogP contribution >= 0.6 is 0 Å². The second kappa shape index (κ2) is 12.8. The van der Waals surface area contributed by atoms with Crippen LogP contribution in [0.15, 0.2) is 195 Å². The lowest BCUT2D eigenvalue weighted by Crippen LogP contribution is -2.20. The van der Waals surface area contributed by atoms with Crippen molar-refractivity contribution in [3.05, 3.63) is 146 Å². The zero-order valence-electron chi connectivity index (χ0n) is 26.1. The summed E-state index contributed by atoms with van der Waals surface area (Å²) in [5.41, 5.74) is 0. The van der Waals surface area contributed by atoms with Gasteiger partial charge in [-0.25, -0.2) is 16.8 Å². The van der Waals surface area contributed by atoms with Crippen LogP contribution in [0, 0.1) is 0 Å². The Morgan fingerprint density at radius 2 is 0.673 bits per heavy atom. The lowest BCUT2D eigenvalue weighted by molar-refractivity contribution is 0.247. The SMILES string of the molecule is O=S1(=O)c2ccccc2[S+](c2ccc(OCCCOc3ccc([S+]4c5ccccc5S(=O)(=O)c5ccccc54)cc3)cc2)c2ccccc21. The molecule has 6 aromatic carbocycles. The molecule has 0 saturated carbocycles. The normalized spacial score (nSPS) is 15.7. The van der Waals surface area contributed by atoms with Gasteiger partial charge < -0.3 is 9.47 Å². The minimum Gasteiger partial charge on any atom is -0.493 e. The van der Waals surface area contributed by atoms with Gasteiger partial charge in [-0.15, -0.1) is 0 Å². The number of ether oxygens (including phenoxy) is 2. The first-order valence-electron chi connectivity index (χ1n) is 15.6. The van der Waals surface area contributed by atoms with Crippen LogP contribution in [0.4, 0.5) is 0 Å². The Morgan fingerprint density at radius 1 is 0.388 bits per heavy atom. The van der Waals surface area contributed by atoms with E-state index in [4.69, 9.17) is 9.47 Å². The average Bonchev–Trinajstić information content (AvgIpc) is 3.13. The molecular weight excluding hydrogens is 693 g/mol. The molecule has 10 heteroatoms. The largest absolute Gasteiger partial charge is 0.493 e. The molecule has 0 atom stereocenters. The van der Waals surface area contributed by atoms with Gasteiger partial charge in [0.05, 0.1) is 13.2 Å². The van der Waals surface area contributed by atoms with Gasteiger partial charge >= 0.3 is 0 Å². The van der Waals surface area contributed by atoms with Crippen LogP contribution in [0.2, 0.25) is 0 Å². The second-order valence-corrected chi connectivity index (χ2v) is 19.1. The van der Waals surface area contributed by atoms with Crippen molar-refractivity contribution in [3.8, 4) is 11.5 Å². The minimum absolute atomic E-state index is 0.368. The molecule has 0 aromatic heterocycles. The highest BCUT2D eigenvalue weighted by atomic mass is 32.2. The Hall–Kier alpha value is -4.48. The summed E-state index contributed by atoms with van der Waals surface area (Å²) < 4.78 is 65.3. The smallest absolute Gasteiger partial charge is 0.216 e. The first-order chi connectivity index (χ1) is 23.8. The van der Waals surface area contributed by atoms with Gasteiger partial charge in [0.2, 0.25) is 19.7 Å². The Morgan fingerprint density at radius 3 is 0.980 bits per heavy atom. The lowest BCUT2D eigenvalue weighted by Gasteiger charge is -2.19. The number of sulfone groups is 2. The quantitative estimate of drug-likeness (QED) is 0.117. The molecule has 2 aliphatic heterocycles. The lowest BCUT2D eigenvalue weighted by atomic mass is 10.3. The number of fused-ring (bicyclic) bond motifs is 4. The van der Waals surface area contributed by atoms with Crippen LogP contribution in [0.3, 0.4) is 0 Å². The maximum atomic E-state index is 13.3.